The van der Waals surface area contributed by atoms with E-state index in [-0.39, 0.29) is 18.2 Å². The molecule has 4 rings (SSSR count). The summed E-state index contributed by atoms with van der Waals surface area (Å²) in [5.41, 5.74) is 15.1. The van der Waals surface area contributed by atoms with Gasteiger partial charge in [-0.3, -0.25) is 4.79 Å². The number of carbonyl (C=O) groups excluding carboxylic acids is 1. The van der Waals surface area contributed by atoms with Gasteiger partial charge in [-0.2, -0.15) is 0 Å². The molecule has 4 N–H and O–H groups in total. The Kier molecular flexibility index (Phi) is 4.07. The third kappa shape index (κ3) is 2.80. The van der Waals surface area contributed by atoms with Gasteiger partial charge < -0.3 is 16.4 Å². The topological polar surface area (TPSA) is 98.1 Å². The lowest BCUT2D eigenvalue weighted by atomic mass is 9.91. The van der Waals surface area contributed by atoms with Gasteiger partial charge in [-0.05, 0) is 36.1 Å². The van der Waals surface area contributed by atoms with E-state index in [0.29, 0.717) is 37.3 Å². The minimum atomic E-state index is -0.877. The number of carbonyl (C=O) groups is 1. The molecule has 0 fully saturated rings. The molecule has 1 aromatic carbocycles. The van der Waals surface area contributed by atoms with Crippen molar-refractivity contribution in [2.75, 3.05) is 5.73 Å². The third-order valence-corrected chi connectivity index (χ3v) is 5.34. The van der Waals surface area contributed by atoms with Gasteiger partial charge in [-0.15, -0.1) is 0 Å². The van der Waals surface area contributed by atoms with Crippen molar-refractivity contribution < 1.29 is 13.6 Å². The Bertz CT molecular complexity index is 888. The van der Waals surface area contributed by atoms with E-state index >= 15 is 0 Å². The molecule has 0 bridgehead atoms. The van der Waals surface area contributed by atoms with Crippen LogP contribution in [-0.2, 0) is 24.3 Å². The van der Waals surface area contributed by atoms with Gasteiger partial charge in [-0.1, -0.05) is 0 Å². The average molecular weight is 359 g/mol. The number of nitrogens with two attached hydrogens (primary N) is 2. The van der Waals surface area contributed by atoms with E-state index in [9.17, 15) is 13.6 Å². The van der Waals surface area contributed by atoms with Crippen LogP contribution in [0.3, 0.4) is 0 Å². The van der Waals surface area contributed by atoms with Gasteiger partial charge in [0, 0.05) is 23.9 Å². The number of rotatable bonds is 3. The number of hydrogen-bond donors (Lipinski definition) is 2. The van der Waals surface area contributed by atoms with E-state index in [4.69, 9.17) is 11.5 Å². The molecule has 2 aliphatic rings. The van der Waals surface area contributed by atoms with Crippen molar-refractivity contribution >= 4 is 11.7 Å². The van der Waals surface area contributed by atoms with Gasteiger partial charge in [-0.25, -0.2) is 18.7 Å². The molecule has 136 valence electrons. The molecule has 8 heteroatoms. The molecule has 2 heterocycles. The van der Waals surface area contributed by atoms with Crippen LogP contribution in [0, 0.1) is 11.6 Å². The van der Waals surface area contributed by atoms with E-state index in [1.54, 1.807) is 4.90 Å². The lowest BCUT2D eigenvalue weighted by Gasteiger charge is -2.23. The van der Waals surface area contributed by atoms with Gasteiger partial charge in [0.15, 0.2) is 11.6 Å². The third-order valence-electron chi connectivity index (χ3n) is 5.34. The maximum atomic E-state index is 13.6. The van der Waals surface area contributed by atoms with E-state index in [1.165, 1.54) is 18.5 Å². The number of hydrogen-bond acceptors (Lipinski definition) is 5. The Hall–Kier alpha value is -2.61. The minimum absolute atomic E-state index is 0.106. The van der Waals surface area contributed by atoms with E-state index in [1.807, 2.05) is 0 Å². The second-order valence-corrected chi connectivity index (χ2v) is 6.91. The number of aryl methyl sites for hydroxylation is 1. The van der Waals surface area contributed by atoms with E-state index in [0.717, 1.165) is 16.8 Å². The predicted octanol–water partition coefficient (Wildman–Crippen LogP) is 1.63. The van der Waals surface area contributed by atoms with Crippen LogP contribution in [-0.4, -0.2) is 26.8 Å². The molecule has 0 saturated carbocycles. The van der Waals surface area contributed by atoms with Crippen LogP contribution in [0.4, 0.5) is 14.6 Å². The normalized spacial score (nSPS) is 19.3. The Labute approximate surface area is 149 Å². The minimum Gasteiger partial charge on any atom is -0.383 e. The lowest BCUT2D eigenvalue weighted by molar-refractivity contribution is -0.132. The molecule has 2 atom stereocenters. The lowest BCUT2D eigenvalue weighted by Crippen LogP contribution is -2.35. The number of benzene rings is 1. The number of aromatic nitrogens is 2. The highest BCUT2D eigenvalue weighted by Crippen LogP contribution is 2.37. The summed E-state index contributed by atoms with van der Waals surface area (Å²) >= 11 is 0. The van der Waals surface area contributed by atoms with E-state index in [2.05, 4.69) is 9.97 Å². The summed E-state index contributed by atoms with van der Waals surface area (Å²) in [6.45, 7) is 0.753. The zero-order valence-electron chi connectivity index (χ0n) is 14.1. The van der Waals surface area contributed by atoms with Gasteiger partial charge in [0.2, 0.25) is 5.91 Å². The SMILES string of the molecule is Nc1ncnc2c1CN(C(=O)CC(N)C1CCc3cc(F)c(F)cc31)C2. The Morgan fingerprint density at radius 1 is 1.27 bits per heavy atom. The van der Waals surface area contributed by atoms with Gasteiger partial charge in [0.05, 0.1) is 18.8 Å². The highest BCUT2D eigenvalue weighted by atomic mass is 19.2. The average Bonchev–Trinajstić information content (AvgIpc) is 3.20. The number of halogens is 2. The van der Waals surface area contributed by atoms with Crippen molar-refractivity contribution in [1.82, 2.24) is 14.9 Å². The summed E-state index contributed by atoms with van der Waals surface area (Å²) in [4.78, 5) is 22.4. The first-order valence-corrected chi connectivity index (χ1v) is 8.53. The standard InChI is InChI=1S/C18H19F2N5O/c19-13-3-9-1-2-10(11(9)4-14(13)20)15(21)5-17(26)25-6-12-16(7-25)23-8-24-18(12)22/h3-4,8,10,15H,1-2,5-7,21H2,(H2,22,23,24). The molecule has 1 amide bonds. The van der Waals surface area contributed by atoms with Gasteiger partial charge in [0.25, 0.3) is 0 Å². The molecule has 1 aliphatic heterocycles. The second-order valence-electron chi connectivity index (χ2n) is 6.91. The fourth-order valence-corrected chi connectivity index (χ4v) is 3.93. The van der Waals surface area contributed by atoms with Crippen molar-refractivity contribution in [2.24, 2.45) is 5.73 Å². The van der Waals surface area contributed by atoms with Crippen LogP contribution < -0.4 is 11.5 Å². The van der Waals surface area contributed by atoms with Crippen LogP contribution in [0.2, 0.25) is 0 Å². The zero-order valence-corrected chi connectivity index (χ0v) is 14.1. The molecule has 6 nitrogen and oxygen atoms in total. The van der Waals surface area contributed by atoms with Crippen LogP contribution in [0.5, 0.6) is 0 Å². The molecule has 1 aromatic heterocycles. The first-order chi connectivity index (χ1) is 12.4. The molecule has 26 heavy (non-hydrogen) atoms. The Morgan fingerprint density at radius 2 is 2.04 bits per heavy atom. The fraction of sp³-hybridized carbons (Fsp3) is 0.389. The summed E-state index contributed by atoms with van der Waals surface area (Å²) in [6.07, 6.45) is 2.84. The number of nitrogen functional groups attached to an aromatic ring is 1. The summed E-state index contributed by atoms with van der Waals surface area (Å²) < 4.78 is 27.0. The fourth-order valence-electron chi connectivity index (χ4n) is 3.93. The molecule has 2 unspecified atom stereocenters. The van der Waals surface area contributed by atoms with Crippen LogP contribution in [0.15, 0.2) is 18.5 Å². The Morgan fingerprint density at radius 3 is 2.81 bits per heavy atom. The molecule has 0 spiro atoms. The summed E-state index contributed by atoms with van der Waals surface area (Å²) in [5.74, 6) is -1.59. The van der Waals surface area contributed by atoms with Crippen LogP contribution in [0.25, 0.3) is 0 Å². The molecule has 1 aliphatic carbocycles. The number of anilines is 1. The molecular weight excluding hydrogens is 340 g/mol. The maximum absolute atomic E-state index is 13.6. The highest BCUT2D eigenvalue weighted by molar-refractivity contribution is 5.78. The molecular formula is C18H19F2N5O. The quantitative estimate of drug-likeness (QED) is 0.868. The summed E-state index contributed by atoms with van der Waals surface area (Å²) in [6, 6.07) is 1.99. The number of amides is 1. The number of fused-ring (bicyclic) bond motifs is 2. The molecule has 0 radical (unpaired) electrons. The second kappa shape index (κ2) is 6.28. The summed E-state index contributed by atoms with van der Waals surface area (Å²) in [5, 5.41) is 0. The van der Waals surface area contributed by atoms with Gasteiger partial charge in [0.1, 0.15) is 12.1 Å². The summed E-state index contributed by atoms with van der Waals surface area (Å²) in [7, 11) is 0. The van der Waals surface area contributed by atoms with Crippen molar-refractivity contribution in [3.63, 3.8) is 0 Å². The van der Waals surface area contributed by atoms with Crippen molar-refractivity contribution in [2.45, 2.75) is 44.3 Å². The first kappa shape index (κ1) is 16.8. The highest BCUT2D eigenvalue weighted by Gasteiger charge is 2.33. The zero-order chi connectivity index (χ0) is 18.4. The molecule has 0 saturated heterocycles. The van der Waals surface area contributed by atoms with Crippen LogP contribution >= 0.6 is 0 Å². The monoisotopic (exact) mass is 359 g/mol. The van der Waals surface area contributed by atoms with E-state index < -0.39 is 17.7 Å². The number of nitrogens with zero attached hydrogens (tertiary/aromatic N) is 3. The first-order valence-electron chi connectivity index (χ1n) is 8.53. The smallest absolute Gasteiger partial charge is 0.224 e. The maximum Gasteiger partial charge on any atom is 0.224 e. The van der Waals surface area contributed by atoms with Gasteiger partial charge >= 0.3 is 0 Å². The van der Waals surface area contributed by atoms with Crippen molar-refractivity contribution in [3.05, 3.63) is 52.5 Å². The predicted molar refractivity (Wildman–Crippen MR) is 90.7 cm³/mol. The largest absolute Gasteiger partial charge is 0.383 e. The van der Waals surface area contributed by atoms with Crippen molar-refractivity contribution in [1.29, 1.82) is 0 Å². The Balaban J connectivity index is 1.46. The molecule has 2 aromatic rings. The van der Waals surface area contributed by atoms with Crippen LogP contribution in [0.1, 0.15) is 41.1 Å². The van der Waals surface area contributed by atoms with Crippen molar-refractivity contribution in [3.8, 4) is 0 Å².